The summed E-state index contributed by atoms with van der Waals surface area (Å²) in [5, 5.41) is 11.6. The number of hydrogen-bond acceptors (Lipinski definition) is 6. The van der Waals surface area contributed by atoms with Crippen LogP contribution in [-0.4, -0.2) is 47.1 Å². The SMILES string of the molecule is Cc1cccc(N2CCN(C3=NC(=O)C(=Cc4cccc([N+](=O)[O-])c4)S3)CC2)c1. The van der Waals surface area contributed by atoms with Crippen molar-refractivity contribution in [3.8, 4) is 0 Å². The van der Waals surface area contributed by atoms with Gasteiger partial charge in [-0.1, -0.05) is 24.3 Å². The van der Waals surface area contributed by atoms with Crippen LogP contribution < -0.4 is 4.90 Å². The van der Waals surface area contributed by atoms with Gasteiger partial charge in [0.15, 0.2) is 5.17 Å². The standard InChI is InChI=1S/C21H20N4O3S/c1-15-4-2-6-17(12-15)23-8-10-24(11-9-23)21-22-20(26)19(29-21)14-16-5-3-7-18(13-16)25(27)28/h2-7,12-14H,8-11H2,1H3. The lowest BCUT2D eigenvalue weighted by atomic mass is 10.2. The van der Waals surface area contributed by atoms with Crippen molar-refractivity contribution in [2.75, 3.05) is 31.1 Å². The van der Waals surface area contributed by atoms with Crippen LogP contribution >= 0.6 is 11.8 Å². The van der Waals surface area contributed by atoms with Crippen molar-refractivity contribution in [3.63, 3.8) is 0 Å². The van der Waals surface area contributed by atoms with Gasteiger partial charge in [0.2, 0.25) is 0 Å². The second-order valence-corrected chi connectivity index (χ2v) is 7.98. The normalized spacial score (nSPS) is 18.3. The number of carbonyl (C=O) groups is 1. The third kappa shape index (κ3) is 4.32. The van der Waals surface area contributed by atoms with E-state index in [1.54, 1.807) is 18.2 Å². The predicted molar refractivity (Wildman–Crippen MR) is 116 cm³/mol. The summed E-state index contributed by atoms with van der Waals surface area (Å²) < 4.78 is 0. The van der Waals surface area contributed by atoms with E-state index in [9.17, 15) is 14.9 Å². The van der Waals surface area contributed by atoms with Gasteiger partial charge >= 0.3 is 0 Å². The molecule has 2 aromatic carbocycles. The lowest BCUT2D eigenvalue weighted by Crippen LogP contribution is -2.47. The highest BCUT2D eigenvalue weighted by Gasteiger charge is 2.28. The summed E-state index contributed by atoms with van der Waals surface area (Å²) in [5.41, 5.74) is 3.08. The Kier molecular flexibility index (Phi) is 5.35. The third-order valence-electron chi connectivity index (χ3n) is 4.91. The summed E-state index contributed by atoms with van der Waals surface area (Å²) in [4.78, 5) is 32.0. The number of hydrogen-bond donors (Lipinski definition) is 0. The number of benzene rings is 2. The van der Waals surface area contributed by atoms with Gasteiger partial charge in [-0.15, -0.1) is 0 Å². The van der Waals surface area contributed by atoms with E-state index >= 15 is 0 Å². The first-order valence-electron chi connectivity index (χ1n) is 9.33. The molecule has 0 aromatic heterocycles. The molecular weight excluding hydrogens is 388 g/mol. The van der Waals surface area contributed by atoms with E-state index < -0.39 is 4.92 Å². The molecular formula is C21H20N4O3S. The Balaban J connectivity index is 1.41. The van der Waals surface area contributed by atoms with Gasteiger partial charge in [-0.3, -0.25) is 14.9 Å². The number of amidine groups is 1. The number of amides is 1. The van der Waals surface area contributed by atoms with E-state index in [0.717, 1.165) is 26.2 Å². The quantitative estimate of drug-likeness (QED) is 0.438. The van der Waals surface area contributed by atoms with Crippen LogP contribution in [0.3, 0.4) is 0 Å². The maximum atomic E-state index is 12.3. The van der Waals surface area contributed by atoms with E-state index in [1.165, 1.54) is 35.1 Å². The molecule has 2 aliphatic rings. The Bertz CT molecular complexity index is 1030. The van der Waals surface area contributed by atoms with Crippen molar-refractivity contribution in [3.05, 3.63) is 74.7 Å². The zero-order chi connectivity index (χ0) is 20.4. The van der Waals surface area contributed by atoms with Crippen LogP contribution in [0.1, 0.15) is 11.1 Å². The topological polar surface area (TPSA) is 79.0 Å². The number of anilines is 1. The number of thioether (sulfide) groups is 1. The molecule has 1 amide bonds. The lowest BCUT2D eigenvalue weighted by Gasteiger charge is -2.36. The molecule has 0 saturated carbocycles. The van der Waals surface area contributed by atoms with Gasteiger partial charge in [-0.2, -0.15) is 4.99 Å². The fourth-order valence-electron chi connectivity index (χ4n) is 3.39. The molecule has 7 nitrogen and oxygen atoms in total. The third-order valence-corrected chi connectivity index (χ3v) is 5.95. The molecule has 148 valence electrons. The van der Waals surface area contributed by atoms with Crippen LogP contribution in [0, 0.1) is 17.0 Å². The summed E-state index contributed by atoms with van der Waals surface area (Å²) in [5.74, 6) is -0.294. The predicted octanol–water partition coefficient (Wildman–Crippen LogP) is 3.70. The second-order valence-electron chi connectivity index (χ2n) is 6.98. The first-order valence-corrected chi connectivity index (χ1v) is 10.1. The number of carbonyl (C=O) groups excluding carboxylic acids is 1. The van der Waals surface area contributed by atoms with Crippen LogP contribution in [0.25, 0.3) is 6.08 Å². The average Bonchev–Trinajstić information content (AvgIpc) is 3.08. The Morgan fingerprint density at radius 2 is 1.79 bits per heavy atom. The van der Waals surface area contributed by atoms with Crippen LogP contribution in [0.4, 0.5) is 11.4 Å². The molecule has 0 spiro atoms. The first-order chi connectivity index (χ1) is 14.0. The Morgan fingerprint density at radius 1 is 1.07 bits per heavy atom. The Hall–Kier alpha value is -3.13. The Labute approximate surface area is 172 Å². The second kappa shape index (κ2) is 8.08. The van der Waals surface area contributed by atoms with Crippen LogP contribution in [-0.2, 0) is 4.79 Å². The van der Waals surface area contributed by atoms with Gasteiger partial charge in [-0.05, 0) is 48.0 Å². The highest BCUT2D eigenvalue weighted by atomic mass is 32.2. The molecule has 0 radical (unpaired) electrons. The van der Waals surface area contributed by atoms with Gasteiger partial charge in [0.05, 0.1) is 9.83 Å². The van der Waals surface area contributed by atoms with Crippen molar-refractivity contribution >= 4 is 40.3 Å². The summed E-state index contributed by atoms with van der Waals surface area (Å²) in [6.45, 7) is 5.39. The monoisotopic (exact) mass is 408 g/mol. The van der Waals surface area contributed by atoms with E-state index in [0.29, 0.717) is 15.6 Å². The summed E-state index contributed by atoms with van der Waals surface area (Å²) >= 11 is 1.33. The minimum absolute atomic E-state index is 0.00297. The molecule has 1 fully saturated rings. The minimum Gasteiger partial charge on any atom is -0.368 e. The molecule has 0 aliphatic carbocycles. The molecule has 0 bridgehead atoms. The highest BCUT2D eigenvalue weighted by Crippen LogP contribution is 2.31. The van der Waals surface area contributed by atoms with Crippen LogP contribution in [0.2, 0.25) is 0 Å². The average molecular weight is 408 g/mol. The smallest absolute Gasteiger partial charge is 0.286 e. The largest absolute Gasteiger partial charge is 0.368 e. The minimum atomic E-state index is -0.443. The van der Waals surface area contributed by atoms with Crippen molar-refractivity contribution in [2.45, 2.75) is 6.92 Å². The molecule has 2 aliphatic heterocycles. The van der Waals surface area contributed by atoms with Crippen molar-refractivity contribution in [1.82, 2.24) is 4.90 Å². The zero-order valence-corrected chi connectivity index (χ0v) is 16.8. The molecule has 8 heteroatoms. The van der Waals surface area contributed by atoms with Crippen molar-refractivity contribution < 1.29 is 9.72 Å². The van der Waals surface area contributed by atoms with Gasteiger partial charge < -0.3 is 9.80 Å². The number of nitro benzene ring substituents is 1. The number of nitro groups is 1. The number of aliphatic imine (C=N–C) groups is 1. The van der Waals surface area contributed by atoms with Crippen LogP contribution in [0.15, 0.2) is 58.4 Å². The van der Waals surface area contributed by atoms with E-state index in [-0.39, 0.29) is 11.6 Å². The summed E-state index contributed by atoms with van der Waals surface area (Å²) in [6, 6.07) is 14.7. The molecule has 0 atom stereocenters. The van der Waals surface area contributed by atoms with E-state index in [2.05, 4.69) is 46.0 Å². The number of nitrogens with zero attached hydrogens (tertiary/aromatic N) is 4. The number of non-ortho nitro benzene ring substituents is 1. The van der Waals surface area contributed by atoms with Crippen molar-refractivity contribution in [2.24, 2.45) is 4.99 Å². The molecule has 0 unspecified atom stereocenters. The fraction of sp³-hybridized carbons (Fsp3) is 0.238. The number of rotatable bonds is 3. The molecule has 1 saturated heterocycles. The fourth-order valence-corrected chi connectivity index (χ4v) is 4.36. The zero-order valence-electron chi connectivity index (χ0n) is 15.9. The first kappa shape index (κ1) is 19.2. The van der Waals surface area contributed by atoms with Gasteiger partial charge in [0.25, 0.3) is 11.6 Å². The molecule has 2 aromatic rings. The summed E-state index contributed by atoms with van der Waals surface area (Å²) in [7, 11) is 0. The maximum Gasteiger partial charge on any atom is 0.286 e. The molecule has 2 heterocycles. The van der Waals surface area contributed by atoms with Gasteiger partial charge in [-0.25, -0.2) is 0 Å². The van der Waals surface area contributed by atoms with Crippen molar-refractivity contribution in [1.29, 1.82) is 0 Å². The summed E-state index contributed by atoms with van der Waals surface area (Å²) in [6.07, 6.45) is 1.67. The van der Waals surface area contributed by atoms with E-state index in [1.807, 2.05) is 0 Å². The van der Waals surface area contributed by atoms with E-state index in [4.69, 9.17) is 0 Å². The highest BCUT2D eigenvalue weighted by molar-refractivity contribution is 8.18. The number of piperazine rings is 1. The molecule has 4 rings (SSSR count). The Morgan fingerprint density at radius 3 is 2.52 bits per heavy atom. The molecule has 29 heavy (non-hydrogen) atoms. The lowest BCUT2D eigenvalue weighted by molar-refractivity contribution is -0.384. The van der Waals surface area contributed by atoms with Gasteiger partial charge in [0, 0.05) is 44.0 Å². The number of aryl methyl sites for hydroxylation is 1. The van der Waals surface area contributed by atoms with Crippen LogP contribution in [0.5, 0.6) is 0 Å². The van der Waals surface area contributed by atoms with Gasteiger partial charge in [0.1, 0.15) is 0 Å². The molecule has 0 N–H and O–H groups in total. The maximum absolute atomic E-state index is 12.3.